The molecule has 0 aromatic heterocycles. The maximum atomic E-state index is 13.0. The topological polar surface area (TPSA) is 26.3 Å². The smallest absolute Gasteiger partial charge is 0.193 e. The van der Waals surface area contributed by atoms with Crippen LogP contribution in [0.15, 0.2) is 48.0 Å². The summed E-state index contributed by atoms with van der Waals surface area (Å²) in [6, 6.07) is 14.0. The van der Waals surface area contributed by atoms with Gasteiger partial charge in [-0.05, 0) is 46.9 Å². The summed E-state index contributed by atoms with van der Waals surface area (Å²) in [6.07, 6.45) is 0.862. The fourth-order valence-electron chi connectivity index (χ4n) is 3.82. The molecule has 0 saturated heterocycles. The molecular weight excluding hydrogens is 272 g/mol. The highest BCUT2D eigenvalue weighted by Crippen LogP contribution is 2.50. The van der Waals surface area contributed by atoms with E-state index in [9.17, 15) is 4.79 Å². The first-order valence-electron chi connectivity index (χ1n) is 7.59. The number of allylic oxidation sites excluding steroid dienone is 2. The number of hydrogen-bond donors (Lipinski definition) is 0. The van der Waals surface area contributed by atoms with Crippen molar-refractivity contribution in [2.24, 2.45) is 0 Å². The van der Waals surface area contributed by atoms with Crippen molar-refractivity contribution in [2.75, 3.05) is 7.11 Å². The molecule has 0 atom stereocenters. The van der Waals surface area contributed by atoms with Crippen LogP contribution in [0.2, 0.25) is 0 Å². The van der Waals surface area contributed by atoms with Crippen molar-refractivity contribution in [3.8, 4) is 5.75 Å². The molecule has 2 aromatic carbocycles. The lowest BCUT2D eigenvalue weighted by atomic mass is 9.68. The van der Waals surface area contributed by atoms with Crippen molar-refractivity contribution in [1.29, 1.82) is 0 Å². The van der Waals surface area contributed by atoms with Crippen molar-refractivity contribution in [3.63, 3.8) is 0 Å². The van der Waals surface area contributed by atoms with Gasteiger partial charge < -0.3 is 4.74 Å². The lowest BCUT2D eigenvalue weighted by Gasteiger charge is -2.34. The van der Waals surface area contributed by atoms with E-state index in [0.29, 0.717) is 0 Å². The molecule has 2 aromatic rings. The number of rotatable bonds is 1. The molecule has 0 fully saturated rings. The molecule has 2 heteroatoms. The Balaban J connectivity index is 1.98. The number of Topliss-reactive ketones (excluding diaryl/α,β-unsaturated/α-hetero) is 1. The maximum absolute atomic E-state index is 13.0. The standard InChI is InChI=1S/C20H18O2/c1-20(2)16-11-13(22-3)8-9-15(16)19(21)18-14-7-5-4-6-12(14)10-17(18)20/h4-9,11H,10H2,1-3H3. The molecule has 0 unspecified atom stereocenters. The van der Waals surface area contributed by atoms with Gasteiger partial charge in [-0.25, -0.2) is 0 Å². The van der Waals surface area contributed by atoms with E-state index >= 15 is 0 Å². The number of ketones is 1. The Morgan fingerprint density at radius 1 is 1.05 bits per heavy atom. The van der Waals surface area contributed by atoms with Crippen LogP contribution >= 0.6 is 0 Å². The molecule has 110 valence electrons. The zero-order valence-corrected chi connectivity index (χ0v) is 13.1. The van der Waals surface area contributed by atoms with E-state index in [1.54, 1.807) is 7.11 Å². The van der Waals surface area contributed by atoms with E-state index in [0.717, 1.165) is 34.4 Å². The predicted octanol–water partition coefficient (Wildman–Crippen LogP) is 4.18. The molecule has 22 heavy (non-hydrogen) atoms. The molecule has 0 amide bonds. The van der Waals surface area contributed by atoms with Gasteiger partial charge in [0.1, 0.15) is 5.75 Å². The molecule has 0 radical (unpaired) electrons. The van der Waals surface area contributed by atoms with Gasteiger partial charge in [0.25, 0.3) is 0 Å². The number of benzene rings is 2. The average Bonchev–Trinajstić information content (AvgIpc) is 2.93. The third kappa shape index (κ3) is 1.58. The van der Waals surface area contributed by atoms with E-state index in [-0.39, 0.29) is 11.2 Å². The van der Waals surface area contributed by atoms with E-state index in [1.807, 2.05) is 30.3 Å². The first-order chi connectivity index (χ1) is 10.5. The summed E-state index contributed by atoms with van der Waals surface area (Å²) in [5.41, 5.74) is 6.24. The molecule has 2 nitrogen and oxygen atoms in total. The second-order valence-corrected chi connectivity index (χ2v) is 6.55. The van der Waals surface area contributed by atoms with E-state index < -0.39 is 0 Å². The van der Waals surface area contributed by atoms with Gasteiger partial charge in [-0.15, -0.1) is 0 Å². The number of hydrogen-bond acceptors (Lipinski definition) is 2. The van der Waals surface area contributed by atoms with Crippen molar-refractivity contribution in [3.05, 3.63) is 70.3 Å². The number of methoxy groups -OCH3 is 1. The Morgan fingerprint density at radius 3 is 2.59 bits per heavy atom. The van der Waals surface area contributed by atoms with Crippen LogP contribution < -0.4 is 4.74 Å². The van der Waals surface area contributed by atoms with Crippen LogP contribution in [0.5, 0.6) is 5.75 Å². The molecule has 2 aliphatic rings. The van der Waals surface area contributed by atoms with Crippen molar-refractivity contribution in [2.45, 2.75) is 25.7 Å². The fraction of sp³-hybridized carbons (Fsp3) is 0.250. The third-order valence-electron chi connectivity index (χ3n) is 5.08. The van der Waals surface area contributed by atoms with E-state index in [2.05, 4.69) is 26.0 Å². The maximum Gasteiger partial charge on any atom is 0.193 e. The van der Waals surface area contributed by atoms with Gasteiger partial charge in [0.2, 0.25) is 0 Å². The molecule has 0 heterocycles. The first kappa shape index (κ1) is 13.3. The van der Waals surface area contributed by atoms with Gasteiger partial charge >= 0.3 is 0 Å². The van der Waals surface area contributed by atoms with Crippen LogP contribution in [0.1, 0.15) is 40.9 Å². The van der Waals surface area contributed by atoms with Crippen LogP contribution in [-0.2, 0) is 11.8 Å². The quantitative estimate of drug-likeness (QED) is 0.787. The molecular formula is C20H18O2. The minimum absolute atomic E-state index is 0.150. The van der Waals surface area contributed by atoms with E-state index in [1.165, 1.54) is 11.1 Å². The molecule has 0 N–H and O–H groups in total. The number of carbonyl (C=O) groups is 1. The monoisotopic (exact) mass is 290 g/mol. The molecule has 0 aliphatic heterocycles. The van der Waals surface area contributed by atoms with Gasteiger partial charge in [-0.1, -0.05) is 38.1 Å². The number of carbonyl (C=O) groups excluding carboxylic acids is 1. The molecule has 0 bridgehead atoms. The van der Waals surface area contributed by atoms with Crippen LogP contribution in [0, 0.1) is 0 Å². The Labute approximate surface area is 130 Å². The Hall–Kier alpha value is -2.35. The van der Waals surface area contributed by atoms with Gasteiger partial charge in [0, 0.05) is 16.6 Å². The Kier molecular flexibility index (Phi) is 2.62. The summed E-state index contributed by atoms with van der Waals surface area (Å²) in [7, 11) is 1.66. The van der Waals surface area contributed by atoms with Crippen LogP contribution in [-0.4, -0.2) is 12.9 Å². The van der Waals surface area contributed by atoms with Crippen molar-refractivity contribution in [1.82, 2.24) is 0 Å². The van der Waals surface area contributed by atoms with Crippen LogP contribution in [0.4, 0.5) is 0 Å². The minimum atomic E-state index is -0.161. The summed E-state index contributed by atoms with van der Waals surface area (Å²) in [6.45, 7) is 4.41. The fourth-order valence-corrected chi connectivity index (χ4v) is 3.82. The average molecular weight is 290 g/mol. The summed E-state index contributed by atoms with van der Waals surface area (Å²) in [5.74, 6) is 0.955. The minimum Gasteiger partial charge on any atom is -0.497 e. The number of ether oxygens (including phenoxy) is 1. The Morgan fingerprint density at radius 2 is 1.82 bits per heavy atom. The Bertz CT molecular complexity index is 841. The summed E-state index contributed by atoms with van der Waals surface area (Å²) >= 11 is 0. The summed E-state index contributed by atoms with van der Waals surface area (Å²) in [4.78, 5) is 13.0. The van der Waals surface area contributed by atoms with Crippen LogP contribution in [0.3, 0.4) is 0 Å². The largest absolute Gasteiger partial charge is 0.497 e. The van der Waals surface area contributed by atoms with Crippen molar-refractivity contribution < 1.29 is 9.53 Å². The summed E-state index contributed by atoms with van der Waals surface area (Å²) in [5, 5.41) is 0. The second-order valence-electron chi connectivity index (χ2n) is 6.55. The van der Waals surface area contributed by atoms with E-state index in [4.69, 9.17) is 4.74 Å². The molecule has 2 aliphatic carbocycles. The highest BCUT2D eigenvalue weighted by Gasteiger charge is 2.42. The lowest BCUT2D eigenvalue weighted by molar-refractivity contribution is 0.105. The zero-order chi connectivity index (χ0) is 15.5. The predicted molar refractivity (Wildman–Crippen MR) is 87.4 cm³/mol. The SMILES string of the molecule is COc1ccc2c(c1)C(C)(C)C1=C(C2=O)c2ccccc2C1. The van der Waals surface area contributed by atoms with Gasteiger partial charge in [0.05, 0.1) is 7.11 Å². The zero-order valence-electron chi connectivity index (χ0n) is 13.1. The molecule has 0 spiro atoms. The first-order valence-corrected chi connectivity index (χ1v) is 7.59. The normalized spacial score (nSPS) is 17.9. The second kappa shape index (κ2) is 4.33. The molecule has 0 saturated carbocycles. The van der Waals surface area contributed by atoms with Gasteiger partial charge in [0.15, 0.2) is 5.78 Å². The van der Waals surface area contributed by atoms with Crippen LogP contribution in [0.25, 0.3) is 5.57 Å². The summed E-state index contributed by atoms with van der Waals surface area (Å²) < 4.78 is 5.35. The highest BCUT2D eigenvalue weighted by molar-refractivity contribution is 6.32. The van der Waals surface area contributed by atoms with Gasteiger partial charge in [-0.3, -0.25) is 4.79 Å². The lowest BCUT2D eigenvalue weighted by Crippen LogP contribution is -2.29. The number of fused-ring (bicyclic) bond motifs is 3. The van der Waals surface area contributed by atoms with Crippen molar-refractivity contribution >= 4 is 11.4 Å². The van der Waals surface area contributed by atoms with Gasteiger partial charge in [-0.2, -0.15) is 0 Å². The third-order valence-corrected chi connectivity index (χ3v) is 5.08. The highest BCUT2D eigenvalue weighted by atomic mass is 16.5. The molecule has 4 rings (SSSR count).